The van der Waals surface area contributed by atoms with Crippen LogP contribution in [0.4, 0.5) is 14.7 Å². The first-order valence-electron chi connectivity index (χ1n) is 8.15. The van der Waals surface area contributed by atoms with Crippen LogP contribution in [0.3, 0.4) is 0 Å². The van der Waals surface area contributed by atoms with Crippen LogP contribution < -0.4 is 10.5 Å². The van der Waals surface area contributed by atoms with Crippen LogP contribution in [-0.2, 0) is 0 Å². The zero-order valence-electron chi connectivity index (χ0n) is 13.2. The summed E-state index contributed by atoms with van der Waals surface area (Å²) in [5.74, 6) is -2.29. The van der Waals surface area contributed by atoms with Gasteiger partial charge in [0, 0.05) is 19.5 Å². The fourth-order valence-corrected chi connectivity index (χ4v) is 3.71. The molecule has 1 aliphatic carbocycles. The molecule has 0 unspecified atom stereocenters. The van der Waals surface area contributed by atoms with E-state index in [4.69, 9.17) is 0 Å². The summed E-state index contributed by atoms with van der Waals surface area (Å²) in [6, 6.07) is 9.35. The molecule has 128 valence electrons. The maximum atomic E-state index is 13.8. The van der Waals surface area contributed by atoms with Crippen molar-refractivity contribution in [3.05, 3.63) is 46.9 Å². The number of rotatable bonds is 2. The van der Waals surface area contributed by atoms with Crippen molar-refractivity contribution < 1.29 is 8.78 Å². The minimum Gasteiger partial charge on any atom is -0.341 e. The number of nitrogens with zero attached hydrogens (tertiary/aromatic N) is 4. The van der Waals surface area contributed by atoms with E-state index in [1.165, 1.54) is 6.20 Å². The molecule has 3 aromatic rings. The van der Waals surface area contributed by atoms with Gasteiger partial charge in [0.1, 0.15) is 5.39 Å². The van der Waals surface area contributed by atoms with Gasteiger partial charge >= 0.3 is 0 Å². The largest absolute Gasteiger partial charge is 0.341 e. The van der Waals surface area contributed by atoms with E-state index in [9.17, 15) is 13.6 Å². The summed E-state index contributed by atoms with van der Waals surface area (Å²) in [6.07, 6.45) is 1.94. The summed E-state index contributed by atoms with van der Waals surface area (Å²) in [7, 11) is 0. The van der Waals surface area contributed by atoms with Crippen LogP contribution >= 0.6 is 0 Å². The molecule has 25 heavy (non-hydrogen) atoms. The van der Waals surface area contributed by atoms with Crippen molar-refractivity contribution in [1.29, 1.82) is 0 Å². The van der Waals surface area contributed by atoms with Crippen LogP contribution in [0, 0.1) is 5.41 Å². The van der Waals surface area contributed by atoms with E-state index in [0.29, 0.717) is 23.4 Å². The van der Waals surface area contributed by atoms with E-state index in [1.54, 1.807) is 9.58 Å². The number of anilines is 1. The summed E-state index contributed by atoms with van der Waals surface area (Å²) in [4.78, 5) is 21.2. The maximum absolute atomic E-state index is 13.8. The lowest BCUT2D eigenvalue weighted by Crippen LogP contribution is -2.70. The number of nitrogens with one attached hydrogen (secondary N) is 1. The predicted octanol–water partition coefficient (Wildman–Crippen LogP) is 2.34. The lowest BCUT2D eigenvalue weighted by atomic mass is 9.60. The van der Waals surface area contributed by atoms with Crippen LogP contribution in [0.25, 0.3) is 16.7 Å². The molecule has 1 saturated heterocycles. The Morgan fingerprint density at radius 2 is 1.88 bits per heavy atom. The Hall–Kier alpha value is -2.77. The van der Waals surface area contributed by atoms with Crippen LogP contribution in [0.1, 0.15) is 12.8 Å². The van der Waals surface area contributed by atoms with Gasteiger partial charge in [-0.15, -0.1) is 0 Å². The average Bonchev–Trinajstić information content (AvgIpc) is 2.98. The molecular formula is C17H15F2N5O. The molecule has 5 rings (SSSR count). The van der Waals surface area contributed by atoms with E-state index in [0.717, 1.165) is 5.69 Å². The summed E-state index contributed by atoms with van der Waals surface area (Å²) >= 11 is 0. The molecule has 6 nitrogen and oxygen atoms in total. The molecule has 1 spiro atoms. The highest BCUT2D eigenvalue weighted by molar-refractivity contribution is 5.76. The van der Waals surface area contributed by atoms with E-state index in [-0.39, 0.29) is 25.1 Å². The third-order valence-corrected chi connectivity index (χ3v) is 5.41. The van der Waals surface area contributed by atoms with Gasteiger partial charge in [-0.2, -0.15) is 10.1 Å². The first kappa shape index (κ1) is 14.6. The predicted molar refractivity (Wildman–Crippen MR) is 88.3 cm³/mol. The lowest BCUT2D eigenvalue weighted by molar-refractivity contribution is -0.212. The summed E-state index contributed by atoms with van der Waals surface area (Å²) < 4.78 is 29.1. The molecule has 2 fully saturated rings. The number of fused-ring (bicyclic) bond motifs is 1. The van der Waals surface area contributed by atoms with Gasteiger partial charge in [-0.25, -0.2) is 13.5 Å². The fourth-order valence-electron chi connectivity index (χ4n) is 3.71. The van der Waals surface area contributed by atoms with E-state index in [2.05, 4.69) is 15.1 Å². The van der Waals surface area contributed by atoms with Crippen molar-refractivity contribution in [2.75, 3.05) is 18.0 Å². The van der Waals surface area contributed by atoms with Gasteiger partial charge in [-0.3, -0.25) is 9.78 Å². The van der Waals surface area contributed by atoms with Gasteiger partial charge in [0.25, 0.3) is 11.5 Å². The molecular weight excluding hydrogens is 328 g/mol. The summed E-state index contributed by atoms with van der Waals surface area (Å²) in [5.41, 5.74) is -0.0536. The first-order valence-corrected chi connectivity index (χ1v) is 8.15. The van der Waals surface area contributed by atoms with Crippen LogP contribution in [0.2, 0.25) is 0 Å². The lowest BCUT2D eigenvalue weighted by Gasteiger charge is -2.59. The Morgan fingerprint density at radius 3 is 2.52 bits per heavy atom. The topological polar surface area (TPSA) is 66.8 Å². The Bertz CT molecular complexity index is 1020. The molecule has 0 bridgehead atoms. The number of aromatic nitrogens is 4. The Kier molecular flexibility index (Phi) is 2.71. The van der Waals surface area contributed by atoms with Crippen molar-refractivity contribution in [2.24, 2.45) is 5.41 Å². The molecule has 0 amide bonds. The summed E-state index contributed by atoms with van der Waals surface area (Å²) in [6.45, 7) is 0.432. The van der Waals surface area contributed by atoms with Crippen molar-refractivity contribution in [3.63, 3.8) is 0 Å². The number of H-pyrrole nitrogens is 1. The number of aromatic amines is 1. The van der Waals surface area contributed by atoms with Gasteiger partial charge in [-0.05, 0) is 18.6 Å². The number of para-hydroxylation sites is 1. The van der Waals surface area contributed by atoms with Crippen LogP contribution in [0.15, 0.2) is 41.3 Å². The second kappa shape index (κ2) is 4.65. The molecule has 2 aromatic heterocycles. The van der Waals surface area contributed by atoms with E-state index >= 15 is 0 Å². The number of halogens is 2. The molecule has 2 aliphatic rings. The second-order valence-corrected chi connectivity index (χ2v) is 6.86. The van der Waals surface area contributed by atoms with Crippen LogP contribution in [-0.4, -0.2) is 38.8 Å². The molecule has 1 saturated carbocycles. The average molecular weight is 343 g/mol. The van der Waals surface area contributed by atoms with Crippen LogP contribution in [0.5, 0.6) is 0 Å². The Labute approximate surface area is 141 Å². The number of alkyl halides is 2. The van der Waals surface area contributed by atoms with Crippen molar-refractivity contribution in [1.82, 2.24) is 19.7 Å². The minimum absolute atomic E-state index is 0.0510. The smallest absolute Gasteiger partial charge is 0.263 e. The van der Waals surface area contributed by atoms with E-state index < -0.39 is 11.3 Å². The monoisotopic (exact) mass is 343 g/mol. The Balaban J connectivity index is 1.54. The standard InChI is InChI=1S/C17H15F2N5O/c18-17(19)7-6-16(17)9-23(10-16)15-21-13-12(14(25)22-15)8-20-24(13)11-4-2-1-3-5-11/h1-5,8H,6-7,9-10H2,(H,21,22,25). The molecule has 1 aromatic carbocycles. The van der Waals surface area contributed by atoms with Gasteiger partial charge in [0.05, 0.1) is 17.3 Å². The SMILES string of the molecule is O=c1[nH]c(N2CC3(CCC3(F)F)C2)nc2c1cnn2-c1ccccc1. The van der Waals surface area contributed by atoms with Crippen molar-refractivity contribution in [3.8, 4) is 5.69 Å². The van der Waals surface area contributed by atoms with Gasteiger partial charge in [-0.1, -0.05) is 18.2 Å². The third-order valence-electron chi connectivity index (χ3n) is 5.41. The molecule has 8 heteroatoms. The fraction of sp³-hybridized carbons (Fsp3) is 0.353. The highest BCUT2D eigenvalue weighted by Gasteiger charge is 2.67. The second-order valence-electron chi connectivity index (χ2n) is 6.86. The zero-order valence-corrected chi connectivity index (χ0v) is 13.2. The molecule has 3 heterocycles. The normalized spacial score (nSPS) is 20.5. The number of benzene rings is 1. The molecule has 1 aliphatic heterocycles. The molecule has 0 radical (unpaired) electrons. The summed E-state index contributed by atoms with van der Waals surface area (Å²) in [5, 5.41) is 4.62. The molecule has 0 atom stereocenters. The van der Waals surface area contributed by atoms with Gasteiger partial charge in [0.15, 0.2) is 5.65 Å². The molecule has 1 N–H and O–H groups in total. The first-order chi connectivity index (χ1) is 12.0. The Morgan fingerprint density at radius 1 is 1.12 bits per heavy atom. The number of hydrogen-bond acceptors (Lipinski definition) is 4. The van der Waals surface area contributed by atoms with Crippen molar-refractivity contribution in [2.45, 2.75) is 18.8 Å². The highest BCUT2D eigenvalue weighted by Crippen LogP contribution is 2.59. The van der Waals surface area contributed by atoms with Gasteiger partial charge in [0.2, 0.25) is 5.95 Å². The minimum atomic E-state index is -2.61. The van der Waals surface area contributed by atoms with E-state index in [1.807, 2.05) is 30.3 Å². The highest BCUT2D eigenvalue weighted by atomic mass is 19.3. The van der Waals surface area contributed by atoms with Gasteiger partial charge < -0.3 is 4.90 Å². The quantitative estimate of drug-likeness (QED) is 0.776. The maximum Gasteiger partial charge on any atom is 0.263 e. The zero-order chi connectivity index (χ0) is 17.2. The van der Waals surface area contributed by atoms with Crippen molar-refractivity contribution >= 4 is 17.0 Å². The number of hydrogen-bond donors (Lipinski definition) is 1. The third kappa shape index (κ3) is 1.90.